The molecular formula is C11H18N4O3. The van der Waals surface area contributed by atoms with Gasteiger partial charge in [-0.05, 0) is 20.3 Å². The van der Waals surface area contributed by atoms with Crippen LogP contribution in [0.2, 0.25) is 0 Å². The van der Waals surface area contributed by atoms with Gasteiger partial charge in [0.1, 0.15) is 11.6 Å². The minimum Gasteiger partial charge on any atom is -0.396 e. The number of nitrogens with zero attached hydrogens (tertiary/aromatic N) is 2. The van der Waals surface area contributed by atoms with Crippen molar-refractivity contribution in [1.29, 1.82) is 0 Å². The van der Waals surface area contributed by atoms with Gasteiger partial charge in [0.25, 0.3) is 5.69 Å². The standard InChI is InChI=1S/C11H18N4O3/c1-11(2,4-5-16)14-10-7-8(15(17)18)6-9(12-3)13-10/h6-7,16H,4-5H2,1-3H3,(H2,12,13,14). The molecule has 1 rings (SSSR count). The van der Waals surface area contributed by atoms with E-state index in [1.54, 1.807) is 7.05 Å². The maximum atomic E-state index is 10.8. The Labute approximate surface area is 105 Å². The van der Waals surface area contributed by atoms with Gasteiger partial charge in [-0.2, -0.15) is 0 Å². The number of anilines is 2. The Morgan fingerprint density at radius 1 is 1.44 bits per heavy atom. The fourth-order valence-electron chi connectivity index (χ4n) is 1.50. The SMILES string of the molecule is CNc1cc([N+](=O)[O-])cc(NC(C)(C)CCO)n1. The van der Waals surface area contributed by atoms with Crippen LogP contribution in [0.25, 0.3) is 0 Å². The first-order valence-electron chi connectivity index (χ1n) is 5.61. The van der Waals surface area contributed by atoms with Crippen molar-refractivity contribution in [3.63, 3.8) is 0 Å². The highest BCUT2D eigenvalue weighted by molar-refractivity contribution is 5.55. The molecule has 0 atom stereocenters. The van der Waals surface area contributed by atoms with Crippen LogP contribution in [0.5, 0.6) is 0 Å². The van der Waals surface area contributed by atoms with Gasteiger partial charge in [-0.15, -0.1) is 0 Å². The molecule has 18 heavy (non-hydrogen) atoms. The summed E-state index contributed by atoms with van der Waals surface area (Å²) in [6, 6.07) is 2.74. The molecule has 0 spiro atoms. The molecule has 0 amide bonds. The van der Waals surface area contributed by atoms with Crippen LogP contribution in [0.4, 0.5) is 17.3 Å². The number of hydrogen-bond donors (Lipinski definition) is 3. The summed E-state index contributed by atoms with van der Waals surface area (Å²) < 4.78 is 0. The Morgan fingerprint density at radius 2 is 2.06 bits per heavy atom. The highest BCUT2D eigenvalue weighted by Crippen LogP contribution is 2.23. The van der Waals surface area contributed by atoms with Gasteiger partial charge < -0.3 is 15.7 Å². The van der Waals surface area contributed by atoms with Crippen LogP contribution in [0.1, 0.15) is 20.3 Å². The summed E-state index contributed by atoms with van der Waals surface area (Å²) in [6.45, 7) is 3.82. The van der Waals surface area contributed by atoms with Gasteiger partial charge in [0.2, 0.25) is 0 Å². The Balaban J connectivity index is 3.01. The number of aromatic nitrogens is 1. The van der Waals surface area contributed by atoms with E-state index in [-0.39, 0.29) is 17.8 Å². The van der Waals surface area contributed by atoms with E-state index >= 15 is 0 Å². The second-order valence-corrected chi connectivity index (χ2v) is 4.59. The largest absolute Gasteiger partial charge is 0.396 e. The van der Waals surface area contributed by atoms with Crippen LogP contribution in [0, 0.1) is 10.1 Å². The summed E-state index contributed by atoms with van der Waals surface area (Å²) in [4.78, 5) is 14.5. The first-order chi connectivity index (χ1) is 8.38. The van der Waals surface area contributed by atoms with Crippen LogP contribution >= 0.6 is 0 Å². The minimum atomic E-state index is -0.466. The average molecular weight is 254 g/mol. The van der Waals surface area contributed by atoms with Crippen LogP contribution in [-0.2, 0) is 0 Å². The van der Waals surface area contributed by atoms with E-state index in [4.69, 9.17) is 5.11 Å². The van der Waals surface area contributed by atoms with Crippen molar-refractivity contribution in [3.05, 3.63) is 22.2 Å². The molecule has 0 bridgehead atoms. The molecular weight excluding hydrogens is 236 g/mol. The molecule has 0 aliphatic heterocycles. The van der Waals surface area contributed by atoms with Gasteiger partial charge >= 0.3 is 0 Å². The lowest BCUT2D eigenvalue weighted by Gasteiger charge is -2.26. The Bertz CT molecular complexity index is 434. The summed E-state index contributed by atoms with van der Waals surface area (Å²) in [5.74, 6) is 0.832. The van der Waals surface area contributed by atoms with E-state index in [1.165, 1.54) is 12.1 Å². The molecule has 0 aliphatic rings. The second kappa shape index (κ2) is 5.63. The molecule has 1 heterocycles. The summed E-state index contributed by atoms with van der Waals surface area (Å²) >= 11 is 0. The molecule has 0 fully saturated rings. The molecule has 100 valence electrons. The van der Waals surface area contributed by atoms with E-state index in [1.807, 2.05) is 13.8 Å². The number of nitrogens with one attached hydrogen (secondary N) is 2. The van der Waals surface area contributed by atoms with Gasteiger partial charge in [0.15, 0.2) is 0 Å². The van der Waals surface area contributed by atoms with Crippen molar-refractivity contribution in [2.75, 3.05) is 24.3 Å². The third-order valence-electron chi connectivity index (χ3n) is 2.48. The number of pyridine rings is 1. The van der Waals surface area contributed by atoms with Crippen LogP contribution in [0.15, 0.2) is 12.1 Å². The van der Waals surface area contributed by atoms with Crippen molar-refractivity contribution >= 4 is 17.3 Å². The zero-order chi connectivity index (χ0) is 13.8. The fourth-order valence-corrected chi connectivity index (χ4v) is 1.50. The third-order valence-corrected chi connectivity index (χ3v) is 2.48. The second-order valence-electron chi connectivity index (χ2n) is 4.59. The zero-order valence-corrected chi connectivity index (χ0v) is 10.7. The average Bonchev–Trinajstić information content (AvgIpc) is 2.27. The van der Waals surface area contributed by atoms with Gasteiger partial charge in [-0.1, -0.05) is 0 Å². The molecule has 7 heteroatoms. The molecule has 1 aromatic rings. The molecule has 7 nitrogen and oxygen atoms in total. The Kier molecular flexibility index (Phi) is 4.43. The maximum Gasteiger partial charge on any atom is 0.276 e. The van der Waals surface area contributed by atoms with Gasteiger partial charge in [0.05, 0.1) is 17.1 Å². The molecule has 0 aliphatic carbocycles. The molecule has 0 unspecified atom stereocenters. The van der Waals surface area contributed by atoms with Crippen molar-refractivity contribution in [2.24, 2.45) is 0 Å². The van der Waals surface area contributed by atoms with E-state index in [2.05, 4.69) is 15.6 Å². The van der Waals surface area contributed by atoms with Crippen molar-refractivity contribution in [2.45, 2.75) is 25.8 Å². The molecule has 0 saturated carbocycles. The Hall–Kier alpha value is -1.89. The number of aliphatic hydroxyl groups excluding tert-OH is 1. The number of hydrogen-bond acceptors (Lipinski definition) is 6. The maximum absolute atomic E-state index is 10.8. The van der Waals surface area contributed by atoms with Gasteiger partial charge in [0, 0.05) is 19.2 Å². The van der Waals surface area contributed by atoms with Crippen LogP contribution < -0.4 is 10.6 Å². The monoisotopic (exact) mass is 254 g/mol. The number of nitro groups is 1. The summed E-state index contributed by atoms with van der Waals surface area (Å²) in [5.41, 5.74) is -0.418. The summed E-state index contributed by atoms with van der Waals surface area (Å²) in [5, 5.41) is 25.6. The van der Waals surface area contributed by atoms with Crippen LogP contribution in [0.3, 0.4) is 0 Å². The van der Waals surface area contributed by atoms with Crippen LogP contribution in [-0.4, -0.2) is 34.2 Å². The zero-order valence-electron chi connectivity index (χ0n) is 10.7. The van der Waals surface area contributed by atoms with Gasteiger partial charge in [-0.3, -0.25) is 10.1 Å². The highest BCUT2D eigenvalue weighted by atomic mass is 16.6. The molecule has 0 saturated heterocycles. The normalized spacial score (nSPS) is 11.1. The van der Waals surface area contributed by atoms with E-state index < -0.39 is 4.92 Å². The lowest BCUT2D eigenvalue weighted by molar-refractivity contribution is -0.384. The lowest BCUT2D eigenvalue weighted by atomic mass is 10.0. The van der Waals surface area contributed by atoms with Gasteiger partial charge in [-0.25, -0.2) is 4.98 Å². The van der Waals surface area contributed by atoms with Crippen molar-refractivity contribution < 1.29 is 10.0 Å². The van der Waals surface area contributed by atoms with E-state index in [9.17, 15) is 10.1 Å². The highest BCUT2D eigenvalue weighted by Gasteiger charge is 2.19. The Morgan fingerprint density at radius 3 is 2.56 bits per heavy atom. The third kappa shape index (κ3) is 3.85. The lowest BCUT2D eigenvalue weighted by Crippen LogP contribution is -2.32. The van der Waals surface area contributed by atoms with Crippen molar-refractivity contribution in [3.8, 4) is 0 Å². The molecule has 0 radical (unpaired) electrons. The summed E-state index contributed by atoms with van der Waals surface area (Å²) in [6.07, 6.45) is 0.520. The first kappa shape index (κ1) is 14.2. The van der Waals surface area contributed by atoms with Crippen molar-refractivity contribution in [1.82, 2.24) is 4.98 Å². The smallest absolute Gasteiger partial charge is 0.276 e. The fraction of sp³-hybridized carbons (Fsp3) is 0.545. The number of rotatable bonds is 6. The molecule has 1 aromatic heterocycles. The van der Waals surface area contributed by atoms with E-state index in [0.717, 1.165) is 0 Å². The quantitative estimate of drug-likeness (QED) is 0.526. The minimum absolute atomic E-state index is 0.0309. The summed E-state index contributed by atoms with van der Waals surface area (Å²) in [7, 11) is 1.65. The topological polar surface area (TPSA) is 100 Å². The number of aliphatic hydroxyl groups is 1. The van der Waals surface area contributed by atoms with E-state index in [0.29, 0.717) is 18.1 Å². The first-order valence-corrected chi connectivity index (χ1v) is 5.61. The molecule has 3 N–H and O–H groups in total. The predicted molar refractivity (Wildman–Crippen MR) is 69.8 cm³/mol. The predicted octanol–water partition coefficient (Wildman–Crippen LogP) is 1.60. The molecule has 0 aromatic carbocycles.